The molecule has 2 aromatic rings. The molecular formula is C18H23N3O2. The topological polar surface area (TPSA) is 47.4 Å². The number of para-hydroxylation sites is 1. The third-order valence-electron chi connectivity index (χ3n) is 4.21. The molecule has 0 radical (unpaired) electrons. The molecule has 1 aromatic carbocycles. The molecule has 0 bridgehead atoms. The maximum absolute atomic E-state index is 12.3. The van der Waals surface area contributed by atoms with Gasteiger partial charge in [-0.05, 0) is 37.8 Å². The molecule has 1 aromatic heterocycles. The summed E-state index contributed by atoms with van der Waals surface area (Å²) in [4.78, 5) is 14.2. The third kappa shape index (κ3) is 3.73. The van der Waals surface area contributed by atoms with Crippen molar-refractivity contribution in [2.75, 3.05) is 19.7 Å². The summed E-state index contributed by atoms with van der Waals surface area (Å²) in [7, 11) is 0. The highest BCUT2D eigenvalue weighted by Crippen LogP contribution is 2.19. The summed E-state index contributed by atoms with van der Waals surface area (Å²) in [6.45, 7) is 5.85. The van der Waals surface area contributed by atoms with Gasteiger partial charge in [0.1, 0.15) is 0 Å². The van der Waals surface area contributed by atoms with Crippen LogP contribution in [0.2, 0.25) is 0 Å². The average molecular weight is 313 g/mol. The van der Waals surface area contributed by atoms with E-state index < -0.39 is 0 Å². The Morgan fingerprint density at radius 1 is 1.35 bits per heavy atom. The number of piperidine rings is 1. The van der Waals surface area contributed by atoms with E-state index in [4.69, 9.17) is 4.74 Å². The number of benzene rings is 1. The number of likely N-dealkylation sites (tertiary alicyclic amines) is 1. The number of aromatic nitrogens is 2. The Hall–Kier alpha value is -2.30. The van der Waals surface area contributed by atoms with Gasteiger partial charge in [0.25, 0.3) is 5.91 Å². The minimum atomic E-state index is 0.0465. The molecule has 23 heavy (non-hydrogen) atoms. The smallest absolute Gasteiger partial charge is 0.260 e. The number of rotatable bonds is 4. The largest absolute Gasteiger partial charge is 0.466 e. The second kappa shape index (κ2) is 6.86. The number of aryl methyl sites for hydroxylation is 1. The van der Waals surface area contributed by atoms with E-state index in [1.807, 2.05) is 48.4 Å². The van der Waals surface area contributed by atoms with E-state index in [1.165, 1.54) is 6.42 Å². The average Bonchev–Trinajstić information content (AvgIpc) is 2.94. The number of carbonyl (C=O) groups is 1. The Morgan fingerprint density at radius 3 is 2.87 bits per heavy atom. The Kier molecular flexibility index (Phi) is 4.65. The maximum atomic E-state index is 12.3. The van der Waals surface area contributed by atoms with Crippen molar-refractivity contribution in [3.63, 3.8) is 0 Å². The van der Waals surface area contributed by atoms with Crippen molar-refractivity contribution in [2.24, 2.45) is 5.92 Å². The number of carbonyl (C=O) groups excluding carboxylic acids is 1. The van der Waals surface area contributed by atoms with Crippen LogP contribution in [0.4, 0.5) is 0 Å². The molecule has 0 N–H and O–H groups in total. The molecule has 122 valence electrons. The number of hydrogen-bond donors (Lipinski definition) is 0. The minimum Gasteiger partial charge on any atom is -0.466 e. The van der Waals surface area contributed by atoms with Crippen LogP contribution in [0.25, 0.3) is 5.69 Å². The highest BCUT2D eigenvalue weighted by Gasteiger charge is 2.21. The van der Waals surface area contributed by atoms with Crippen LogP contribution in [0.15, 0.2) is 36.5 Å². The molecule has 1 unspecified atom stereocenters. The zero-order valence-corrected chi connectivity index (χ0v) is 13.7. The fraction of sp³-hybridized carbons (Fsp3) is 0.444. The lowest BCUT2D eigenvalue weighted by atomic mass is 10.0. The minimum absolute atomic E-state index is 0.0465. The molecule has 5 heteroatoms. The summed E-state index contributed by atoms with van der Waals surface area (Å²) in [5.74, 6) is 1.14. The third-order valence-corrected chi connectivity index (χ3v) is 4.21. The van der Waals surface area contributed by atoms with Crippen LogP contribution in [-0.4, -0.2) is 40.3 Å². The van der Waals surface area contributed by atoms with Crippen molar-refractivity contribution in [2.45, 2.75) is 26.7 Å². The van der Waals surface area contributed by atoms with Crippen molar-refractivity contribution < 1.29 is 9.53 Å². The van der Waals surface area contributed by atoms with Crippen LogP contribution < -0.4 is 4.74 Å². The van der Waals surface area contributed by atoms with Crippen molar-refractivity contribution in [3.05, 3.63) is 42.1 Å². The summed E-state index contributed by atoms with van der Waals surface area (Å²) < 4.78 is 7.44. The lowest BCUT2D eigenvalue weighted by Crippen LogP contribution is -2.41. The zero-order chi connectivity index (χ0) is 16.2. The molecule has 1 atom stereocenters. The van der Waals surface area contributed by atoms with Gasteiger partial charge in [-0.15, -0.1) is 5.10 Å². The SMILES string of the molecule is Cc1cn(-c2ccccc2)nc1OCC(=O)N1CCCC(C)C1. The van der Waals surface area contributed by atoms with Crippen LogP contribution in [0.1, 0.15) is 25.3 Å². The fourth-order valence-corrected chi connectivity index (χ4v) is 2.94. The van der Waals surface area contributed by atoms with Crippen molar-refractivity contribution in [1.82, 2.24) is 14.7 Å². The van der Waals surface area contributed by atoms with Crippen molar-refractivity contribution in [1.29, 1.82) is 0 Å². The Morgan fingerprint density at radius 2 is 2.13 bits per heavy atom. The van der Waals surface area contributed by atoms with Gasteiger partial charge in [0.15, 0.2) is 6.61 Å². The first-order valence-corrected chi connectivity index (χ1v) is 8.16. The van der Waals surface area contributed by atoms with E-state index in [2.05, 4.69) is 12.0 Å². The summed E-state index contributed by atoms with van der Waals surface area (Å²) in [6.07, 6.45) is 4.19. The lowest BCUT2D eigenvalue weighted by molar-refractivity contribution is -0.135. The van der Waals surface area contributed by atoms with Gasteiger partial charge in [0, 0.05) is 24.8 Å². The van der Waals surface area contributed by atoms with Crippen molar-refractivity contribution >= 4 is 5.91 Å². The van der Waals surface area contributed by atoms with Crippen LogP contribution in [-0.2, 0) is 4.79 Å². The normalized spacial score (nSPS) is 18.0. The van der Waals surface area contributed by atoms with Gasteiger partial charge in [-0.3, -0.25) is 4.79 Å². The highest BCUT2D eigenvalue weighted by atomic mass is 16.5. The molecule has 0 spiro atoms. The van der Waals surface area contributed by atoms with Crippen LogP contribution in [0.3, 0.4) is 0 Å². The second-order valence-electron chi connectivity index (χ2n) is 6.27. The quantitative estimate of drug-likeness (QED) is 0.872. The number of nitrogens with zero attached hydrogens (tertiary/aromatic N) is 3. The molecule has 1 aliphatic rings. The second-order valence-corrected chi connectivity index (χ2v) is 6.27. The summed E-state index contributed by atoms with van der Waals surface area (Å²) in [5, 5.41) is 4.44. The molecule has 5 nitrogen and oxygen atoms in total. The van der Waals surface area contributed by atoms with Crippen LogP contribution >= 0.6 is 0 Å². The maximum Gasteiger partial charge on any atom is 0.260 e. The van der Waals surface area contributed by atoms with E-state index in [1.54, 1.807) is 4.68 Å². The first-order valence-electron chi connectivity index (χ1n) is 8.16. The van der Waals surface area contributed by atoms with Gasteiger partial charge in [-0.2, -0.15) is 0 Å². The summed E-state index contributed by atoms with van der Waals surface area (Å²) in [5.41, 5.74) is 1.90. The zero-order valence-electron chi connectivity index (χ0n) is 13.7. The number of hydrogen-bond acceptors (Lipinski definition) is 3. The molecule has 1 amide bonds. The monoisotopic (exact) mass is 313 g/mol. The highest BCUT2D eigenvalue weighted by molar-refractivity contribution is 5.77. The van der Waals surface area contributed by atoms with E-state index in [-0.39, 0.29) is 12.5 Å². The lowest BCUT2D eigenvalue weighted by Gasteiger charge is -2.30. The van der Waals surface area contributed by atoms with E-state index in [9.17, 15) is 4.79 Å². The Labute approximate surface area is 136 Å². The molecule has 1 saturated heterocycles. The predicted octanol–water partition coefficient (Wildman–Crippen LogP) is 2.82. The first kappa shape index (κ1) is 15.6. The number of amides is 1. The van der Waals surface area contributed by atoms with Crippen LogP contribution in [0, 0.1) is 12.8 Å². The Bertz CT molecular complexity index is 666. The predicted molar refractivity (Wildman–Crippen MR) is 88.8 cm³/mol. The van der Waals surface area contributed by atoms with Gasteiger partial charge < -0.3 is 9.64 Å². The van der Waals surface area contributed by atoms with E-state index in [0.717, 1.165) is 30.8 Å². The Balaban J connectivity index is 1.62. The summed E-state index contributed by atoms with van der Waals surface area (Å²) >= 11 is 0. The molecule has 0 aliphatic carbocycles. The number of ether oxygens (including phenoxy) is 1. The molecule has 1 aliphatic heterocycles. The van der Waals surface area contributed by atoms with Gasteiger partial charge in [-0.1, -0.05) is 25.1 Å². The van der Waals surface area contributed by atoms with Gasteiger partial charge in [0.2, 0.25) is 5.88 Å². The van der Waals surface area contributed by atoms with E-state index in [0.29, 0.717) is 11.8 Å². The van der Waals surface area contributed by atoms with E-state index >= 15 is 0 Å². The molecule has 1 fully saturated rings. The first-order chi connectivity index (χ1) is 11.1. The molecular weight excluding hydrogens is 290 g/mol. The molecule has 3 rings (SSSR count). The van der Waals surface area contributed by atoms with Gasteiger partial charge in [-0.25, -0.2) is 4.68 Å². The van der Waals surface area contributed by atoms with Gasteiger partial charge in [0.05, 0.1) is 5.69 Å². The van der Waals surface area contributed by atoms with Crippen molar-refractivity contribution in [3.8, 4) is 11.6 Å². The fourth-order valence-electron chi connectivity index (χ4n) is 2.94. The molecule has 2 heterocycles. The summed E-state index contributed by atoms with van der Waals surface area (Å²) in [6, 6.07) is 9.87. The van der Waals surface area contributed by atoms with Crippen LogP contribution in [0.5, 0.6) is 5.88 Å². The molecule has 0 saturated carbocycles. The standard InChI is InChI=1S/C18H23N3O2/c1-14-7-6-10-20(11-14)17(22)13-23-18-15(2)12-21(19-18)16-8-4-3-5-9-16/h3-5,8-9,12,14H,6-7,10-11,13H2,1-2H3. The van der Waals surface area contributed by atoms with Gasteiger partial charge >= 0.3 is 0 Å².